The third-order valence-electron chi connectivity index (χ3n) is 6.70. The summed E-state index contributed by atoms with van der Waals surface area (Å²) < 4.78 is 0. The van der Waals surface area contributed by atoms with E-state index >= 15 is 0 Å². The fourth-order valence-corrected chi connectivity index (χ4v) is 4.97. The van der Waals surface area contributed by atoms with E-state index in [1.54, 1.807) is 11.1 Å². The lowest BCUT2D eigenvalue weighted by molar-refractivity contribution is -0.137. The van der Waals surface area contributed by atoms with E-state index in [1.807, 2.05) is 42.2 Å². The van der Waals surface area contributed by atoms with Crippen molar-refractivity contribution in [1.82, 2.24) is 15.1 Å². The second-order valence-electron chi connectivity index (χ2n) is 8.52. The van der Waals surface area contributed by atoms with Gasteiger partial charge in [-0.3, -0.25) is 14.7 Å². The summed E-state index contributed by atoms with van der Waals surface area (Å²) >= 11 is 0. The molecule has 1 aliphatic carbocycles. The Bertz CT molecular complexity index is 849. The summed E-state index contributed by atoms with van der Waals surface area (Å²) in [5, 5.41) is 7.30. The van der Waals surface area contributed by atoms with Gasteiger partial charge in [-0.15, -0.1) is 0 Å². The Balaban J connectivity index is 1.42. The lowest BCUT2D eigenvalue weighted by atomic mass is 9.86. The number of rotatable bonds is 5. The number of nitrogens with one attached hydrogen (secondary N) is 1. The van der Waals surface area contributed by atoms with E-state index in [2.05, 4.69) is 10.2 Å². The first-order valence-electron chi connectivity index (χ1n) is 11.4. The number of carbonyl (C=O) groups excluding carboxylic acids is 2. The Morgan fingerprint density at radius 3 is 2.43 bits per heavy atom. The molecule has 1 aliphatic heterocycles. The molecule has 2 amide bonds. The van der Waals surface area contributed by atoms with Crippen LogP contribution in [0.1, 0.15) is 73.8 Å². The van der Waals surface area contributed by atoms with Gasteiger partial charge in [0.05, 0.1) is 17.5 Å². The molecule has 2 aromatic rings. The molecule has 2 heterocycles. The summed E-state index contributed by atoms with van der Waals surface area (Å²) in [7, 11) is 0. The Kier molecular flexibility index (Phi) is 6.50. The van der Waals surface area contributed by atoms with Crippen molar-refractivity contribution in [2.75, 3.05) is 24.5 Å². The maximum atomic E-state index is 13.3. The number of H-pyrrole nitrogens is 1. The number of amides is 2. The van der Waals surface area contributed by atoms with Crippen molar-refractivity contribution in [2.45, 2.75) is 57.8 Å². The smallest absolute Gasteiger partial charge is 0.261 e. The average molecular weight is 409 g/mol. The first-order valence-corrected chi connectivity index (χ1v) is 11.4. The van der Waals surface area contributed by atoms with Crippen molar-refractivity contribution in [3.63, 3.8) is 0 Å². The highest BCUT2D eigenvalue weighted by atomic mass is 16.2. The highest BCUT2D eigenvalue weighted by Gasteiger charge is 2.32. The van der Waals surface area contributed by atoms with E-state index < -0.39 is 0 Å². The van der Waals surface area contributed by atoms with Crippen LogP contribution < -0.4 is 4.90 Å². The van der Waals surface area contributed by atoms with Crippen molar-refractivity contribution in [3.05, 3.63) is 47.8 Å². The summed E-state index contributed by atoms with van der Waals surface area (Å²) in [6.45, 7) is 4.12. The quantitative estimate of drug-likeness (QED) is 0.799. The Morgan fingerprint density at radius 1 is 1.07 bits per heavy atom. The number of likely N-dealkylation sites (tertiary alicyclic amines) is 1. The van der Waals surface area contributed by atoms with E-state index in [0.717, 1.165) is 50.2 Å². The van der Waals surface area contributed by atoms with Crippen molar-refractivity contribution < 1.29 is 9.59 Å². The zero-order chi connectivity index (χ0) is 20.9. The minimum absolute atomic E-state index is 0.0202. The van der Waals surface area contributed by atoms with Crippen molar-refractivity contribution in [1.29, 1.82) is 0 Å². The highest BCUT2D eigenvalue weighted by molar-refractivity contribution is 6.06. The number of para-hydroxylation sites is 1. The number of anilines is 1. The van der Waals surface area contributed by atoms with Gasteiger partial charge < -0.3 is 9.80 Å². The monoisotopic (exact) mass is 408 g/mol. The predicted octanol–water partition coefficient (Wildman–Crippen LogP) is 4.36. The van der Waals surface area contributed by atoms with Crippen LogP contribution in [-0.4, -0.2) is 46.5 Å². The van der Waals surface area contributed by atoms with E-state index in [9.17, 15) is 9.59 Å². The van der Waals surface area contributed by atoms with Crippen LogP contribution in [0.2, 0.25) is 0 Å². The van der Waals surface area contributed by atoms with Gasteiger partial charge in [-0.05, 0) is 44.7 Å². The zero-order valence-corrected chi connectivity index (χ0v) is 17.8. The number of benzene rings is 1. The molecule has 2 aliphatic rings. The fraction of sp³-hybridized carbons (Fsp3) is 0.542. The van der Waals surface area contributed by atoms with Crippen molar-refractivity contribution in [2.24, 2.45) is 5.92 Å². The van der Waals surface area contributed by atoms with Crippen LogP contribution in [0.5, 0.6) is 0 Å². The SMILES string of the molecule is CCN(C(=O)c1cn[nH]c1C1CCN(C(=O)C2CCCCC2)CC1)c1ccccc1. The number of nitrogens with zero attached hydrogens (tertiary/aromatic N) is 3. The number of piperidine rings is 1. The molecule has 1 aromatic heterocycles. The molecular formula is C24H32N4O2. The minimum Gasteiger partial charge on any atom is -0.342 e. The molecular weight excluding hydrogens is 376 g/mol. The van der Waals surface area contributed by atoms with E-state index in [1.165, 1.54) is 19.3 Å². The second kappa shape index (κ2) is 9.45. The van der Waals surface area contributed by atoms with E-state index in [0.29, 0.717) is 18.0 Å². The molecule has 4 rings (SSSR count). The Hall–Kier alpha value is -2.63. The van der Waals surface area contributed by atoms with Gasteiger partial charge in [0.25, 0.3) is 5.91 Å². The summed E-state index contributed by atoms with van der Waals surface area (Å²) in [5.74, 6) is 0.781. The molecule has 6 heteroatoms. The Morgan fingerprint density at radius 2 is 1.77 bits per heavy atom. The van der Waals surface area contributed by atoms with Crippen LogP contribution in [0.4, 0.5) is 5.69 Å². The highest BCUT2D eigenvalue weighted by Crippen LogP contribution is 2.32. The van der Waals surface area contributed by atoms with Gasteiger partial charge in [-0.1, -0.05) is 37.5 Å². The summed E-state index contributed by atoms with van der Waals surface area (Å²) in [6, 6.07) is 9.75. The van der Waals surface area contributed by atoms with Crippen LogP contribution in [0.25, 0.3) is 0 Å². The number of aromatic nitrogens is 2. The molecule has 0 spiro atoms. The van der Waals surface area contributed by atoms with Crippen molar-refractivity contribution in [3.8, 4) is 0 Å². The van der Waals surface area contributed by atoms with Gasteiger partial charge in [0.2, 0.25) is 5.91 Å². The Labute approximate surface area is 178 Å². The van der Waals surface area contributed by atoms with Crippen molar-refractivity contribution >= 4 is 17.5 Å². The summed E-state index contributed by atoms with van der Waals surface area (Å²) in [4.78, 5) is 30.0. The van der Waals surface area contributed by atoms with E-state index in [-0.39, 0.29) is 17.7 Å². The second-order valence-corrected chi connectivity index (χ2v) is 8.52. The molecule has 6 nitrogen and oxygen atoms in total. The van der Waals surface area contributed by atoms with Gasteiger partial charge in [-0.25, -0.2) is 0 Å². The third kappa shape index (κ3) is 4.27. The third-order valence-corrected chi connectivity index (χ3v) is 6.70. The van der Waals surface area contributed by atoms with Gasteiger partial charge in [0.15, 0.2) is 0 Å². The summed E-state index contributed by atoms with van der Waals surface area (Å²) in [5.41, 5.74) is 2.46. The molecule has 2 fully saturated rings. The average Bonchev–Trinajstić information content (AvgIpc) is 3.30. The molecule has 1 N–H and O–H groups in total. The van der Waals surface area contributed by atoms with Gasteiger partial charge >= 0.3 is 0 Å². The van der Waals surface area contributed by atoms with Gasteiger partial charge in [0, 0.05) is 37.2 Å². The van der Waals surface area contributed by atoms with Crippen LogP contribution in [-0.2, 0) is 4.79 Å². The fourth-order valence-electron chi connectivity index (χ4n) is 4.97. The first kappa shape index (κ1) is 20.6. The first-order chi connectivity index (χ1) is 14.7. The molecule has 30 heavy (non-hydrogen) atoms. The lowest BCUT2D eigenvalue weighted by Crippen LogP contribution is -2.42. The topological polar surface area (TPSA) is 69.3 Å². The maximum Gasteiger partial charge on any atom is 0.261 e. The van der Waals surface area contributed by atoms with Crippen LogP contribution in [0, 0.1) is 5.92 Å². The van der Waals surface area contributed by atoms with Gasteiger partial charge in [-0.2, -0.15) is 5.10 Å². The molecule has 1 saturated carbocycles. The van der Waals surface area contributed by atoms with Crippen LogP contribution in [0.15, 0.2) is 36.5 Å². The minimum atomic E-state index is -0.0202. The zero-order valence-electron chi connectivity index (χ0n) is 17.8. The molecule has 0 unspecified atom stereocenters. The number of aromatic amines is 1. The normalized spacial score (nSPS) is 18.4. The molecule has 1 saturated heterocycles. The molecule has 0 radical (unpaired) electrons. The maximum absolute atomic E-state index is 13.3. The number of hydrogen-bond donors (Lipinski definition) is 1. The summed E-state index contributed by atoms with van der Waals surface area (Å²) in [6.07, 6.45) is 9.12. The largest absolute Gasteiger partial charge is 0.342 e. The molecule has 160 valence electrons. The van der Waals surface area contributed by atoms with Crippen LogP contribution >= 0.6 is 0 Å². The molecule has 1 aromatic carbocycles. The number of carbonyl (C=O) groups is 2. The van der Waals surface area contributed by atoms with Gasteiger partial charge in [0.1, 0.15) is 0 Å². The van der Waals surface area contributed by atoms with E-state index in [4.69, 9.17) is 0 Å². The number of hydrogen-bond acceptors (Lipinski definition) is 3. The standard InChI is InChI=1S/C24H32N4O2/c1-2-28(20-11-7-4-8-12-20)24(30)21-17-25-26-22(21)18-13-15-27(16-14-18)23(29)19-9-5-3-6-10-19/h4,7-8,11-12,17-19H,2-3,5-6,9-10,13-16H2,1H3,(H,25,26). The van der Waals surface area contributed by atoms with Crippen LogP contribution in [0.3, 0.4) is 0 Å². The predicted molar refractivity (Wildman–Crippen MR) is 118 cm³/mol. The lowest BCUT2D eigenvalue weighted by Gasteiger charge is -2.35. The molecule has 0 atom stereocenters. The molecule has 0 bridgehead atoms.